The van der Waals surface area contributed by atoms with Crippen LogP contribution in [0.1, 0.15) is 45.4 Å². The molecule has 0 aliphatic heterocycles. The highest BCUT2D eigenvalue weighted by Crippen LogP contribution is 2.26. The third-order valence-electron chi connectivity index (χ3n) is 3.17. The van der Waals surface area contributed by atoms with Crippen LogP contribution in [0.5, 0.6) is 0 Å². The number of aliphatic hydroxyl groups is 1. The molecule has 1 rings (SSSR count). The van der Waals surface area contributed by atoms with Crippen LogP contribution in [0.3, 0.4) is 0 Å². The zero-order valence-electron chi connectivity index (χ0n) is 9.26. The predicted molar refractivity (Wildman–Crippen MR) is 59.2 cm³/mol. The van der Waals surface area contributed by atoms with E-state index in [2.05, 4.69) is 12.2 Å². The summed E-state index contributed by atoms with van der Waals surface area (Å²) in [5.41, 5.74) is 5.05. The van der Waals surface area contributed by atoms with Crippen molar-refractivity contribution in [3.63, 3.8) is 0 Å². The van der Waals surface area contributed by atoms with Gasteiger partial charge in [-0.15, -0.1) is 0 Å². The summed E-state index contributed by atoms with van der Waals surface area (Å²) in [4.78, 5) is 0. The molecular formula is C11H24N2O. The van der Waals surface area contributed by atoms with Crippen LogP contribution in [0.2, 0.25) is 0 Å². The molecule has 14 heavy (non-hydrogen) atoms. The Morgan fingerprint density at radius 2 is 1.86 bits per heavy atom. The largest absolute Gasteiger partial charge is 0.389 e. The van der Waals surface area contributed by atoms with Crippen LogP contribution < -0.4 is 11.1 Å². The van der Waals surface area contributed by atoms with E-state index in [4.69, 9.17) is 5.73 Å². The van der Waals surface area contributed by atoms with E-state index in [9.17, 15) is 5.11 Å². The fraction of sp³-hybridized carbons (Fsp3) is 1.00. The van der Waals surface area contributed by atoms with Crippen molar-refractivity contribution in [2.45, 2.75) is 57.1 Å². The second kappa shape index (κ2) is 5.69. The first-order valence-electron chi connectivity index (χ1n) is 5.82. The molecule has 0 saturated heterocycles. The van der Waals surface area contributed by atoms with E-state index in [-0.39, 0.29) is 0 Å². The van der Waals surface area contributed by atoms with Crippen molar-refractivity contribution in [1.29, 1.82) is 0 Å². The highest BCUT2D eigenvalue weighted by molar-refractivity contribution is 4.84. The van der Waals surface area contributed by atoms with Crippen LogP contribution >= 0.6 is 0 Å². The van der Waals surface area contributed by atoms with Gasteiger partial charge in [0.15, 0.2) is 0 Å². The fourth-order valence-corrected chi connectivity index (χ4v) is 2.01. The van der Waals surface area contributed by atoms with Gasteiger partial charge in [0.2, 0.25) is 0 Å². The minimum absolute atomic E-state index is 0.308. The van der Waals surface area contributed by atoms with Crippen LogP contribution in [-0.4, -0.2) is 29.8 Å². The topological polar surface area (TPSA) is 58.3 Å². The van der Waals surface area contributed by atoms with Gasteiger partial charge in [-0.2, -0.15) is 0 Å². The predicted octanol–water partition coefficient (Wildman–Crippen LogP) is 1.01. The molecule has 1 atom stereocenters. The van der Waals surface area contributed by atoms with Crippen molar-refractivity contribution < 1.29 is 5.11 Å². The van der Waals surface area contributed by atoms with Crippen molar-refractivity contribution in [2.24, 2.45) is 5.73 Å². The van der Waals surface area contributed by atoms with Crippen LogP contribution in [0.4, 0.5) is 0 Å². The van der Waals surface area contributed by atoms with Gasteiger partial charge in [-0.05, 0) is 19.8 Å². The molecule has 1 fully saturated rings. The molecule has 0 bridgehead atoms. The minimum Gasteiger partial charge on any atom is -0.389 e. The zero-order valence-corrected chi connectivity index (χ0v) is 9.26. The Balaban J connectivity index is 2.31. The molecule has 0 aromatic rings. The van der Waals surface area contributed by atoms with E-state index in [0.29, 0.717) is 19.1 Å². The molecule has 0 amide bonds. The molecule has 3 nitrogen and oxygen atoms in total. The summed E-state index contributed by atoms with van der Waals surface area (Å²) in [6.45, 7) is 3.39. The molecular weight excluding hydrogens is 176 g/mol. The van der Waals surface area contributed by atoms with Crippen molar-refractivity contribution in [2.75, 3.05) is 13.1 Å². The molecule has 1 unspecified atom stereocenters. The minimum atomic E-state index is -0.472. The first-order chi connectivity index (χ1) is 6.66. The SMILES string of the molecule is CC(CN)NCC1(O)CCCCCC1. The number of nitrogens with one attached hydrogen (secondary N) is 1. The van der Waals surface area contributed by atoms with Crippen LogP contribution in [0.25, 0.3) is 0 Å². The molecule has 84 valence electrons. The lowest BCUT2D eigenvalue weighted by molar-refractivity contribution is 0.0234. The van der Waals surface area contributed by atoms with Crippen LogP contribution in [0.15, 0.2) is 0 Å². The first-order valence-corrected chi connectivity index (χ1v) is 5.82. The van der Waals surface area contributed by atoms with E-state index in [0.717, 1.165) is 25.7 Å². The van der Waals surface area contributed by atoms with E-state index < -0.39 is 5.60 Å². The summed E-state index contributed by atoms with van der Waals surface area (Å²) in [5, 5.41) is 13.6. The van der Waals surface area contributed by atoms with Gasteiger partial charge in [0.05, 0.1) is 5.60 Å². The Morgan fingerprint density at radius 1 is 1.29 bits per heavy atom. The molecule has 0 radical (unpaired) electrons. The lowest BCUT2D eigenvalue weighted by Gasteiger charge is -2.28. The monoisotopic (exact) mass is 200 g/mol. The molecule has 1 aliphatic rings. The molecule has 0 aromatic heterocycles. The van der Waals surface area contributed by atoms with Gasteiger partial charge in [0, 0.05) is 19.1 Å². The van der Waals surface area contributed by atoms with Gasteiger partial charge >= 0.3 is 0 Å². The zero-order chi connectivity index (χ0) is 10.4. The maximum Gasteiger partial charge on any atom is 0.0771 e. The lowest BCUT2D eigenvalue weighted by Crippen LogP contribution is -2.45. The van der Waals surface area contributed by atoms with Crippen molar-refractivity contribution in [3.05, 3.63) is 0 Å². The highest BCUT2D eigenvalue weighted by atomic mass is 16.3. The average molecular weight is 200 g/mol. The van der Waals surface area contributed by atoms with Gasteiger partial charge in [0.25, 0.3) is 0 Å². The number of nitrogens with two attached hydrogens (primary N) is 1. The Kier molecular flexibility index (Phi) is 4.85. The van der Waals surface area contributed by atoms with Crippen LogP contribution in [-0.2, 0) is 0 Å². The smallest absolute Gasteiger partial charge is 0.0771 e. The summed E-state index contributed by atoms with van der Waals surface area (Å²) in [6.07, 6.45) is 6.75. The summed E-state index contributed by atoms with van der Waals surface area (Å²) < 4.78 is 0. The number of hydrogen-bond acceptors (Lipinski definition) is 3. The van der Waals surface area contributed by atoms with Crippen molar-refractivity contribution in [3.8, 4) is 0 Å². The highest BCUT2D eigenvalue weighted by Gasteiger charge is 2.27. The summed E-state index contributed by atoms with van der Waals surface area (Å²) >= 11 is 0. The van der Waals surface area contributed by atoms with Gasteiger partial charge in [-0.1, -0.05) is 25.7 Å². The molecule has 0 aromatic carbocycles. The van der Waals surface area contributed by atoms with Crippen molar-refractivity contribution >= 4 is 0 Å². The Hall–Kier alpha value is -0.120. The van der Waals surface area contributed by atoms with Gasteiger partial charge < -0.3 is 16.2 Å². The Bertz CT molecular complexity index is 153. The number of rotatable bonds is 4. The first kappa shape index (κ1) is 12.0. The van der Waals surface area contributed by atoms with E-state index in [1.54, 1.807) is 0 Å². The maximum absolute atomic E-state index is 10.3. The maximum atomic E-state index is 10.3. The molecule has 0 spiro atoms. The van der Waals surface area contributed by atoms with Gasteiger partial charge in [0.1, 0.15) is 0 Å². The standard InChI is InChI=1S/C11H24N2O/c1-10(8-12)13-9-11(14)6-4-2-3-5-7-11/h10,13-14H,2-9,12H2,1H3. The molecule has 0 heterocycles. The van der Waals surface area contributed by atoms with Gasteiger partial charge in [-0.25, -0.2) is 0 Å². The quantitative estimate of drug-likeness (QED) is 0.594. The third-order valence-corrected chi connectivity index (χ3v) is 3.17. The second-order valence-electron chi connectivity index (χ2n) is 4.66. The fourth-order valence-electron chi connectivity index (χ4n) is 2.01. The molecule has 4 N–H and O–H groups in total. The van der Waals surface area contributed by atoms with E-state index >= 15 is 0 Å². The molecule has 3 heteroatoms. The molecule has 1 saturated carbocycles. The molecule has 1 aliphatic carbocycles. The van der Waals surface area contributed by atoms with E-state index in [1.807, 2.05) is 0 Å². The third kappa shape index (κ3) is 3.95. The van der Waals surface area contributed by atoms with Gasteiger partial charge in [-0.3, -0.25) is 0 Å². The van der Waals surface area contributed by atoms with Crippen molar-refractivity contribution in [1.82, 2.24) is 5.32 Å². The number of hydrogen-bond donors (Lipinski definition) is 3. The van der Waals surface area contributed by atoms with E-state index in [1.165, 1.54) is 12.8 Å². The van der Waals surface area contributed by atoms with Crippen LogP contribution in [0, 0.1) is 0 Å². The average Bonchev–Trinajstić information content (AvgIpc) is 2.40. The normalized spacial score (nSPS) is 24.2. The lowest BCUT2D eigenvalue weighted by atomic mass is 9.94. The Labute approximate surface area is 87.1 Å². The summed E-state index contributed by atoms with van der Waals surface area (Å²) in [7, 11) is 0. The summed E-state index contributed by atoms with van der Waals surface area (Å²) in [5.74, 6) is 0. The second-order valence-corrected chi connectivity index (χ2v) is 4.66. The summed E-state index contributed by atoms with van der Waals surface area (Å²) in [6, 6.07) is 0.308. The Morgan fingerprint density at radius 3 is 2.36 bits per heavy atom.